The van der Waals surface area contributed by atoms with Crippen molar-refractivity contribution in [1.82, 2.24) is 24.8 Å². The minimum atomic E-state index is -0.164. The third-order valence-electron chi connectivity index (χ3n) is 4.28. The summed E-state index contributed by atoms with van der Waals surface area (Å²) in [5.41, 5.74) is 4.99. The van der Waals surface area contributed by atoms with Gasteiger partial charge in [0.25, 0.3) is 5.91 Å². The van der Waals surface area contributed by atoms with Crippen LogP contribution in [0.4, 0.5) is 0 Å². The lowest BCUT2D eigenvalue weighted by Gasteiger charge is -2.20. The highest BCUT2D eigenvalue weighted by molar-refractivity contribution is 5.97. The topological polar surface area (TPSA) is 98.2 Å². The Balaban J connectivity index is 1.67. The summed E-state index contributed by atoms with van der Waals surface area (Å²) in [5, 5.41) is 0. The molecule has 0 spiro atoms. The van der Waals surface area contributed by atoms with E-state index in [1.807, 2.05) is 19.9 Å². The van der Waals surface area contributed by atoms with Gasteiger partial charge in [-0.2, -0.15) is 0 Å². The van der Waals surface area contributed by atoms with Gasteiger partial charge in [-0.3, -0.25) is 4.79 Å². The third-order valence-corrected chi connectivity index (χ3v) is 4.28. The van der Waals surface area contributed by atoms with Gasteiger partial charge < -0.3 is 13.7 Å². The summed E-state index contributed by atoms with van der Waals surface area (Å²) in [4.78, 5) is 32.0. The molecular weight excluding hydrogens is 346 g/mol. The predicted octanol–water partition coefficient (Wildman–Crippen LogP) is 3.07. The first-order valence-electron chi connectivity index (χ1n) is 8.38. The first-order valence-corrected chi connectivity index (χ1v) is 8.38. The second-order valence-corrected chi connectivity index (χ2v) is 6.22. The minimum Gasteiger partial charge on any atom is -0.451 e. The molecule has 0 radical (unpaired) electrons. The van der Waals surface area contributed by atoms with E-state index in [4.69, 9.17) is 8.83 Å². The van der Waals surface area contributed by atoms with Crippen molar-refractivity contribution in [3.05, 3.63) is 71.9 Å². The molecule has 1 amide bonds. The number of carbonyl (C=O) groups excluding carboxylic acids is 1. The third kappa shape index (κ3) is 3.55. The summed E-state index contributed by atoms with van der Waals surface area (Å²) in [5.74, 6) is -0.164. The average Bonchev–Trinajstić information content (AvgIpc) is 3.35. The molecule has 3 heterocycles. The highest BCUT2D eigenvalue weighted by atomic mass is 16.3. The summed E-state index contributed by atoms with van der Waals surface area (Å²) in [6, 6.07) is 5.33. The maximum atomic E-state index is 13.2. The Bertz CT molecular complexity index is 1040. The van der Waals surface area contributed by atoms with Crippen LogP contribution in [0.15, 0.2) is 52.3 Å². The number of hydrogen-bond donors (Lipinski definition) is 0. The van der Waals surface area contributed by atoms with Gasteiger partial charge in [-0.25, -0.2) is 19.9 Å². The lowest BCUT2D eigenvalue weighted by molar-refractivity contribution is 0.0726. The Labute approximate surface area is 154 Å². The highest BCUT2D eigenvalue weighted by Gasteiger charge is 2.20. The molecule has 8 heteroatoms. The lowest BCUT2D eigenvalue weighted by atomic mass is 10.1. The van der Waals surface area contributed by atoms with Crippen molar-refractivity contribution in [2.24, 2.45) is 0 Å². The van der Waals surface area contributed by atoms with Gasteiger partial charge in [-0.15, -0.1) is 0 Å². The van der Waals surface area contributed by atoms with Crippen molar-refractivity contribution in [2.45, 2.75) is 26.9 Å². The fraction of sp³-hybridized carbons (Fsp3) is 0.211. The first kappa shape index (κ1) is 16.9. The Hall–Kier alpha value is -3.55. The minimum absolute atomic E-state index is 0.164. The number of benzene rings is 1. The van der Waals surface area contributed by atoms with Crippen molar-refractivity contribution in [3.63, 3.8) is 0 Å². The van der Waals surface area contributed by atoms with Crippen molar-refractivity contribution >= 4 is 16.9 Å². The molecule has 8 nitrogen and oxygen atoms in total. The normalized spacial score (nSPS) is 11.0. The zero-order valence-corrected chi connectivity index (χ0v) is 14.9. The molecule has 0 aliphatic rings. The van der Waals surface area contributed by atoms with Crippen molar-refractivity contribution in [1.29, 1.82) is 0 Å². The van der Waals surface area contributed by atoms with Crippen LogP contribution in [0.2, 0.25) is 0 Å². The number of hydrogen-bond acceptors (Lipinski definition) is 7. The van der Waals surface area contributed by atoms with Crippen molar-refractivity contribution < 1.29 is 13.6 Å². The molecule has 0 atom stereocenters. The Kier molecular flexibility index (Phi) is 4.37. The number of nitrogens with zero attached hydrogens (tertiary/aromatic N) is 5. The fourth-order valence-electron chi connectivity index (χ4n) is 2.77. The highest BCUT2D eigenvalue weighted by Crippen LogP contribution is 2.18. The van der Waals surface area contributed by atoms with E-state index in [2.05, 4.69) is 19.9 Å². The number of fused-ring (bicyclic) bond motifs is 1. The molecule has 0 saturated carbocycles. The van der Waals surface area contributed by atoms with Crippen LogP contribution in [-0.4, -0.2) is 30.7 Å². The second-order valence-electron chi connectivity index (χ2n) is 6.22. The number of aromatic nitrogens is 4. The second kappa shape index (κ2) is 6.99. The van der Waals surface area contributed by atoms with Gasteiger partial charge in [0, 0.05) is 5.56 Å². The largest absolute Gasteiger partial charge is 0.451 e. The molecule has 0 saturated heterocycles. The molecule has 0 N–H and O–H groups in total. The fourth-order valence-corrected chi connectivity index (χ4v) is 2.77. The predicted molar refractivity (Wildman–Crippen MR) is 95.6 cm³/mol. The summed E-state index contributed by atoms with van der Waals surface area (Å²) in [7, 11) is 0. The van der Waals surface area contributed by atoms with Crippen molar-refractivity contribution in [3.8, 4) is 0 Å². The van der Waals surface area contributed by atoms with Gasteiger partial charge in [-0.05, 0) is 32.0 Å². The molecule has 0 bridgehead atoms. The van der Waals surface area contributed by atoms with Gasteiger partial charge in [0.05, 0.1) is 46.9 Å². The number of aryl methyl sites for hydroxylation is 2. The molecule has 3 aromatic heterocycles. The molecule has 0 aliphatic carbocycles. The SMILES string of the molecule is Cc1nc2ccc(C(=O)N(Cc3cocn3)Cc3cocn3)cc2nc1C. The van der Waals surface area contributed by atoms with Crippen LogP contribution in [0, 0.1) is 13.8 Å². The number of oxazole rings is 2. The van der Waals surface area contributed by atoms with Crippen LogP contribution in [0.5, 0.6) is 0 Å². The van der Waals surface area contributed by atoms with Gasteiger partial charge in [0.2, 0.25) is 0 Å². The molecule has 0 unspecified atom stereocenters. The van der Waals surface area contributed by atoms with E-state index >= 15 is 0 Å². The summed E-state index contributed by atoms with van der Waals surface area (Å²) in [6.45, 7) is 4.40. The molecule has 27 heavy (non-hydrogen) atoms. The standard InChI is InChI=1S/C19H17N5O3/c1-12-13(2)23-18-5-14(3-4-17(18)22-12)19(25)24(6-15-8-26-10-20-15)7-16-9-27-11-21-16/h3-5,8-11H,6-7H2,1-2H3. The van der Waals surface area contributed by atoms with E-state index in [-0.39, 0.29) is 5.91 Å². The number of carbonyl (C=O) groups is 1. The van der Waals surface area contributed by atoms with Crippen molar-refractivity contribution in [2.75, 3.05) is 0 Å². The zero-order chi connectivity index (χ0) is 18.8. The van der Waals surface area contributed by atoms with Gasteiger partial charge in [0.1, 0.15) is 12.5 Å². The molecule has 4 rings (SSSR count). The Morgan fingerprint density at radius 2 is 1.52 bits per heavy atom. The summed E-state index contributed by atoms with van der Waals surface area (Å²) < 4.78 is 10.0. The van der Waals surface area contributed by atoms with Crippen LogP contribution in [0.1, 0.15) is 33.1 Å². The van der Waals surface area contributed by atoms with Gasteiger partial charge in [-0.1, -0.05) is 0 Å². The van der Waals surface area contributed by atoms with E-state index < -0.39 is 0 Å². The zero-order valence-electron chi connectivity index (χ0n) is 14.9. The average molecular weight is 363 g/mol. The summed E-state index contributed by atoms with van der Waals surface area (Å²) >= 11 is 0. The number of rotatable bonds is 5. The smallest absolute Gasteiger partial charge is 0.254 e. The van der Waals surface area contributed by atoms with Crippen LogP contribution in [0.3, 0.4) is 0 Å². The molecule has 0 fully saturated rings. The van der Waals surface area contributed by atoms with E-state index in [9.17, 15) is 4.79 Å². The molecule has 4 aromatic rings. The van der Waals surface area contributed by atoms with Gasteiger partial charge >= 0.3 is 0 Å². The lowest BCUT2D eigenvalue weighted by Crippen LogP contribution is -2.30. The molecule has 0 aliphatic heterocycles. The molecule has 1 aromatic carbocycles. The summed E-state index contributed by atoms with van der Waals surface area (Å²) in [6.07, 6.45) is 5.71. The monoisotopic (exact) mass is 363 g/mol. The van der Waals surface area contributed by atoms with E-state index in [0.717, 1.165) is 16.9 Å². The Morgan fingerprint density at radius 1 is 0.926 bits per heavy atom. The first-order chi connectivity index (χ1) is 13.1. The van der Waals surface area contributed by atoms with Gasteiger partial charge in [0.15, 0.2) is 12.8 Å². The molecule has 136 valence electrons. The van der Waals surface area contributed by atoms with Crippen LogP contribution in [0.25, 0.3) is 11.0 Å². The molecular formula is C19H17N5O3. The Morgan fingerprint density at radius 3 is 2.07 bits per heavy atom. The van der Waals surface area contributed by atoms with Crippen LogP contribution >= 0.6 is 0 Å². The van der Waals surface area contributed by atoms with Crippen LogP contribution < -0.4 is 0 Å². The van der Waals surface area contributed by atoms with E-state index in [1.165, 1.54) is 25.3 Å². The maximum Gasteiger partial charge on any atom is 0.254 e. The quantitative estimate of drug-likeness (QED) is 0.537. The van der Waals surface area contributed by atoms with E-state index in [1.54, 1.807) is 17.0 Å². The maximum absolute atomic E-state index is 13.2. The number of amides is 1. The van der Waals surface area contributed by atoms with Crippen LogP contribution in [-0.2, 0) is 13.1 Å². The van der Waals surface area contributed by atoms with E-state index in [0.29, 0.717) is 35.6 Å².